The van der Waals surface area contributed by atoms with Crippen LogP contribution in [0.15, 0.2) is 69.6 Å². The highest BCUT2D eigenvalue weighted by Crippen LogP contribution is 2.31. The number of nitrogens with zero attached hydrogens (tertiary/aromatic N) is 2. The number of benzene rings is 2. The topological polar surface area (TPSA) is 79.1 Å². The lowest BCUT2D eigenvalue weighted by Gasteiger charge is -2.24. The predicted octanol–water partition coefficient (Wildman–Crippen LogP) is 2.43. The Morgan fingerprint density at radius 2 is 1.78 bits per heavy atom. The van der Waals surface area contributed by atoms with Crippen LogP contribution in [0.3, 0.4) is 0 Å². The molecule has 8 heteroatoms. The van der Waals surface area contributed by atoms with Crippen LogP contribution in [-0.2, 0) is 9.53 Å². The zero-order chi connectivity index (χ0) is 22.8. The molecule has 0 saturated heterocycles. The monoisotopic (exact) mass is 450 g/mol. The van der Waals surface area contributed by atoms with Gasteiger partial charge in [-0.15, -0.1) is 0 Å². The Kier molecular flexibility index (Phi) is 5.96. The smallest absolute Gasteiger partial charge is 0.338 e. The van der Waals surface area contributed by atoms with Crippen molar-refractivity contribution in [2.24, 2.45) is 4.99 Å². The molecule has 3 aromatic rings. The number of hydrogen-bond donors (Lipinski definition) is 0. The number of thiazole rings is 1. The third-order valence-corrected chi connectivity index (χ3v) is 6.23. The van der Waals surface area contributed by atoms with E-state index in [0.29, 0.717) is 32.1 Å². The summed E-state index contributed by atoms with van der Waals surface area (Å²) in [5.74, 6) is 0.861. The second kappa shape index (κ2) is 8.84. The summed E-state index contributed by atoms with van der Waals surface area (Å²) in [5, 5.41) is 0. The minimum atomic E-state index is -0.655. The molecule has 0 aliphatic carbocycles. The zero-order valence-electron chi connectivity index (χ0n) is 18.1. The first kappa shape index (κ1) is 21.6. The van der Waals surface area contributed by atoms with E-state index in [4.69, 9.17) is 14.2 Å². The molecule has 2 aromatic carbocycles. The molecular weight excluding hydrogens is 428 g/mol. The van der Waals surface area contributed by atoms with Crippen molar-refractivity contribution < 1.29 is 19.0 Å². The molecule has 0 saturated carbocycles. The molecule has 4 rings (SSSR count). The van der Waals surface area contributed by atoms with Crippen molar-refractivity contribution in [1.82, 2.24) is 4.57 Å². The fraction of sp³-hybridized carbons (Fsp3) is 0.208. The molecule has 0 unspecified atom stereocenters. The fourth-order valence-electron chi connectivity index (χ4n) is 3.68. The fourth-order valence-corrected chi connectivity index (χ4v) is 4.72. The average molecular weight is 451 g/mol. The molecule has 0 spiro atoms. The van der Waals surface area contributed by atoms with Gasteiger partial charge in [0.05, 0.1) is 43.2 Å². The highest BCUT2D eigenvalue weighted by Gasteiger charge is 2.33. The van der Waals surface area contributed by atoms with Crippen molar-refractivity contribution in [3.8, 4) is 11.5 Å². The van der Waals surface area contributed by atoms with E-state index in [0.717, 1.165) is 11.1 Å². The van der Waals surface area contributed by atoms with Crippen molar-refractivity contribution in [3.05, 3.63) is 90.6 Å². The molecule has 0 fully saturated rings. The number of methoxy groups -OCH3 is 3. The summed E-state index contributed by atoms with van der Waals surface area (Å²) >= 11 is 1.28. The maximum Gasteiger partial charge on any atom is 0.338 e. The molecule has 2 heterocycles. The summed E-state index contributed by atoms with van der Waals surface area (Å²) in [6, 6.07) is 14.1. The van der Waals surface area contributed by atoms with E-state index >= 15 is 0 Å². The van der Waals surface area contributed by atoms with Gasteiger partial charge in [-0.05, 0) is 48.4 Å². The molecular formula is C24H22N2O5S. The first-order chi connectivity index (χ1) is 15.5. The van der Waals surface area contributed by atoms with Crippen LogP contribution < -0.4 is 24.4 Å². The second-order valence-electron chi connectivity index (χ2n) is 7.12. The maximum atomic E-state index is 13.5. The summed E-state index contributed by atoms with van der Waals surface area (Å²) in [6.07, 6.45) is 1.80. The van der Waals surface area contributed by atoms with Crippen LogP contribution in [0.2, 0.25) is 0 Å². The molecule has 0 bridgehead atoms. The van der Waals surface area contributed by atoms with Crippen molar-refractivity contribution in [2.75, 3.05) is 21.3 Å². The Hall–Kier alpha value is -3.65. The van der Waals surface area contributed by atoms with E-state index in [1.54, 1.807) is 43.9 Å². The number of carbonyl (C=O) groups excluding carboxylic acids is 1. The normalized spacial score (nSPS) is 15.8. The summed E-state index contributed by atoms with van der Waals surface area (Å²) in [5.41, 5.74) is 2.21. The van der Waals surface area contributed by atoms with Crippen LogP contribution in [0.25, 0.3) is 6.08 Å². The van der Waals surface area contributed by atoms with Crippen LogP contribution in [0.1, 0.15) is 24.1 Å². The summed E-state index contributed by atoms with van der Waals surface area (Å²) in [7, 11) is 4.50. The van der Waals surface area contributed by atoms with Crippen LogP contribution in [0.4, 0.5) is 0 Å². The lowest BCUT2D eigenvalue weighted by molar-refractivity contribution is -0.136. The Morgan fingerprint density at radius 3 is 2.44 bits per heavy atom. The third kappa shape index (κ3) is 3.85. The second-order valence-corrected chi connectivity index (χ2v) is 8.13. The van der Waals surface area contributed by atoms with Gasteiger partial charge in [0.2, 0.25) is 0 Å². The predicted molar refractivity (Wildman–Crippen MR) is 122 cm³/mol. The van der Waals surface area contributed by atoms with Crippen molar-refractivity contribution >= 4 is 23.4 Å². The van der Waals surface area contributed by atoms with E-state index in [9.17, 15) is 9.59 Å². The van der Waals surface area contributed by atoms with Crippen LogP contribution >= 0.6 is 11.3 Å². The average Bonchev–Trinajstić information content (AvgIpc) is 3.12. The van der Waals surface area contributed by atoms with Gasteiger partial charge in [-0.25, -0.2) is 9.79 Å². The lowest BCUT2D eigenvalue weighted by Crippen LogP contribution is -2.39. The number of hydrogen-bond acceptors (Lipinski definition) is 7. The minimum Gasteiger partial charge on any atom is -0.497 e. The molecule has 7 nitrogen and oxygen atoms in total. The number of allylic oxidation sites excluding steroid dienone is 1. The number of fused-ring (bicyclic) bond motifs is 1. The van der Waals surface area contributed by atoms with Gasteiger partial charge in [-0.2, -0.15) is 0 Å². The number of rotatable bonds is 5. The van der Waals surface area contributed by atoms with Crippen molar-refractivity contribution in [2.45, 2.75) is 13.0 Å². The largest absolute Gasteiger partial charge is 0.497 e. The van der Waals surface area contributed by atoms with Gasteiger partial charge in [0.25, 0.3) is 5.56 Å². The first-order valence-electron chi connectivity index (χ1n) is 9.85. The lowest BCUT2D eigenvalue weighted by atomic mass is 9.96. The molecule has 0 N–H and O–H groups in total. The van der Waals surface area contributed by atoms with E-state index in [2.05, 4.69) is 4.99 Å². The minimum absolute atomic E-state index is 0.230. The Morgan fingerprint density at radius 1 is 1.06 bits per heavy atom. The number of ether oxygens (including phenoxy) is 3. The highest BCUT2D eigenvalue weighted by atomic mass is 32.1. The van der Waals surface area contributed by atoms with Gasteiger partial charge < -0.3 is 14.2 Å². The van der Waals surface area contributed by atoms with Crippen LogP contribution in [0.5, 0.6) is 11.5 Å². The van der Waals surface area contributed by atoms with Crippen LogP contribution in [0, 0.1) is 0 Å². The number of esters is 1. The van der Waals surface area contributed by atoms with E-state index in [-0.39, 0.29) is 5.56 Å². The molecule has 32 heavy (non-hydrogen) atoms. The van der Waals surface area contributed by atoms with E-state index < -0.39 is 12.0 Å². The Bertz CT molecular complexity index is 1380. The quantitative estimate of drug-likeness (QED) is 0.558. The molecule has 164 valence electrons. The van der Waals surface area contributed by atoms with Gasteiger partial charge in [-0.1, -0.05) is 35.6 Å². The van der Waals surface area contributed by atoms with Gasteiger partial charge in [0.15, 0.2) is 4.80 Å². The van der Waals surface area contributed by atoms with Gasteiger partial charge in [0, 0.05) is 0 Å². The van der Waals surface area contributed by atoms with Gasteiger partial charge in [-0.3, -0.25) is 9.36 Å². The van der Waals surface area contributed by atoms with E-state index in [1.165, 1.54) is 18.4 Å². The molecule has 1 aliphatic rings. The molecule has 1 atom stereocenters. The summed E-state index contributed by atoms with van der Waals surface area (Å²) in [6.45, 7) is 1.75. The summed E-state index contributed by atoms with van der Waals surface area (Å²) in [4.78, 5) is 31.2. The molecule has 0 amide bonds. The molecule has 1 aromatic heterocycles. The standard InChI is InChI=1S/C24H22N2O5S/c1-14-20(23(28)31-4)21(16-8-10-17(29-2)11-9-16)26-22(27)19(32-24(26)25-14)13-15-6-5-7-18(12-15)30-3/h5-13,21H,1-4H3/b19-13+/t21-/m0/s1. The van der Waals surface area contributed by atoms with Gasteiger partial charge in [0.1, 0.15) is 11.5 Å². The number of carbonyl (C=O) groups is 1. The zero-order valence-corrected chi connectivity index (χ0v) is 18.9. The Balaban J connectivity index is 1.94. The van der Waals surface area contributed by atoms with Crippen molar-refractivity contribution in [1.29, 1.82) is 0 Å². The third-order valence-electron chi connectivity index (χ3n) is 5.25. The maximum absolute atomic E-state index is 13.5. The van der Waals surface area contributed by atoms with Crippen molar-refractivity contribution in [3.63, 3.8) is 0 Å². The SMILES string of the molecule is COC(=O)C1=C(C)N=c2s/c(=C/c3cccc(OC)c3)c(=O)n2[C@H]1c1ccc(OC)cc1. The molecule has 0 radical (unpaired) electrons. The van der Waals surface area contributed by atoms with E-state index in [1.807, 2.05) is 36.4 Å². The van der Waals surface area contributed by atoms with Crippen LogP contribution in [-0.4, -0.2) is 31.9 Å². The first-order valence-corrected chi connectivity index (χ1v) is 10.7. The molecule has 1 aliphatic heterocycles. The van der Waals surface area contributed by atoms with Gasteiger partial charge >= 0.3 is 5.97 Å². The Labute approximate surface area is 188 Å². The summed E-state index contributed by atoms with van der Waals surface area (Å²) < 4.78 is 17.6. The number of aromatic nitrogens is 1. The highest BCUT2D eigenvalue weighted by molar-refractivity contribution is 7.07.